The Labute approximate surface area is 98.6 Å². The Morgan fingerprint density at radius 2 is 2.31 bits per heavy atom. The van der Waals surface area contributed by atoms with Gasteiger partial charge in [0, 0.05) is 0 Å². The van der Waals surface area contributed by atoms with Crippen LogP contribution < -0.4 is 0 Å². The Morgan fingerprint density at radius 1 is 1.56 bits per heavy atom. The first-order chi connectivity index (χ1) is 7.60. The van der Waals surface area contributed by atoms with Gasteiger partial charge in [0.25, 0.3) is 0 Å². The Kier molecular flexibility index (Phi) is 3.05. The summed E-state index contributed by atoms with van der Waals surface area (Å²) >= 11 is 0. The fraction of sp³-hybridized carbons (Fsp3) is 0.667. The molecule has 0 saturated heterocycles. The molecule has 1 spiro atoms. The van der Waals surface area contributed by atoms with E-state index in [-0.39, 0.29) is 0 Å². The number of allylic oxidation sites excluding steroid dienone is 3. The lowest BCUT2D eigenvalue weighted by molar-refractivity contribution is -0.105. The maximum absolute atomic E-state index is 10.8. The highest BCUT2D eigenvalue weighted by Crippen LogP contribution is 2.57. The first-order valence-corrected chi connectivity index (χ1v) is 6.40. The molecule has 0 aromatic carbocycles. The van der Waals surface area contributed by atoms with Crippen LogP contribution in [0.3, 0.4) is 0 Å². The molecule has 0 bridgehead atoms. The molecule has 0 heterocycles. The molecule has 1 saturated carbocycles. The van der Waals surface area contributed by atoms with Crippen LogP contribution in [0.1, 0.15) is 46.0 Å². The van der Waals surface area contributed by atoms with Crippen LogP contribution in [0.4, 0.5) is 0 Å². The minimum Gasteiger partial charge on any atom is -0.298 e. The first-order valence-electron chi connectivity index (χ1n) is 6.40. The third kappa shape index (κ3) is 1.66. The molecule has 0 unspecified atom stereocenters. The second kappa shape index (κ2) is 4.20. The van der Waals surface area contributed by atoms with E-state index in [1.807, 2.05) is 0 Å². The molecule has 0 aliphatic heterocycles. The summed E-state index contributed by atoms with van der Waals surface area (Å²) in [7, 11) is 0. The molecule has 16 heavy (non-hydrogen) atoms. The second-order valence-electron chi connectivity index (χ2n) is 5.71. The van der Waals surface area contributed by atoms with E-state index in [2.05, 4.69) is 26.5 Å². The molecular weight excluding hydrogens is 196 g/mol. The molecule has 3 atom stereocenters. The van der Waals surface area contributed by atoms with Crippen molar-refractivity contribution in [2.45, 2.75) is 46.0 Å². The van der Waals surface area contributed by atoms with Gasteiger partial charge in [-0.3, -0.25) is 4.79 Å². The van der Waals surface area contributed by atoms with E-state index in [1.54, 1.807) is 0 Å². The molecule has 2 rings (SSSR count). The van der Waals surface area contributed by atoms with Crippen molar-refractivity contribution >= 4 is 6.29 Å². The van der Waals surface area contributed by atoms with Gasteiger partial charge in [-0.2, -0.15) is 0 Å². The van der Waals surface area contributed by atoms with Gasteiger partial charge in [0.15, 0.2) is 0 Å². The van der Waals surface area contributed by atoms with Crippen molar-refractivity contribution in [3.8, 4) is 0 Å². The summed E-state index contributed by atoms with van der Waals surface area (Å²) in [6, 6.07) is 0. The van der Waals surface area contributed by atoms with Crippen molar-refractivity contribution in [3.05, 3.63) is 23.8 Å². The largest absolute Gasteiger partial charge is 0.298 e. The molecule has 1 nitrogen and oxygen atoms in total. The summed E-state index contributed by atoms with van der Waals surface area (Å²) in [5.74, 6) is 1.45. The van der Waals surface area contributed by atoms with E-state index in [4.69, 9.17) is 0 Å². The van der Waals surface area contributed by atoms with Crippen molar-refractivity contribution in [2.24, 2.45) is 17.3 Å². The van der Waals surface area contributed by atoms with E-state index in [1.165, 1.54) is 24.8 Å². The zero-order valence-corrected chi connectivity index (χ0v) is 10.5. The number of carbonyl (C=O) groups is 1. The average Bonchev–Trinajstić information content (AvgIpc) is 2.58. The normalized spacial score (nSPS) is 38.5. The van der Waals surface area contributed by atoms with Crippen LogP contribution in [-0.4, -0.2) is 6.29 Å². The number of rotatable bonds is 2. The molecule has 1 fully saturated rings. The molecule has 0 radical (unpaired) electrons. The van der Waals surface area contributed by atoms with E-state index in [0.717, 1.165) is 30.6 Å². The van der Waals surface area contributed by atoms with Gasteiger partial charge < -0.3 is 0 Å². The van der Waals surface area contributed by atoms with Crippen molar-refractivity contribution in [1.29, 1.82) is 0 Å². The zero-order valence-electron chi connectivity index (χ0n) is 10.5. The highest BCUT2D eigenvalue weighted by atomic mass is 16.1. The molecule has 0 amide bonds. The highest BCUT2D eigenvalue weighted by Gasteiger charge is 2.47. The van der Waals surface area contributed by atoms with Gasteiger partial charge >= 0.3 is 0 Å². The topological polar surface area (TPSA) is 17.1 Å². The summed E-state index contributed by atoms with van der Waals surface area (Å²) in [5.41, 5.74) is 2.76. The lowest BCUT2D eigenvalue weighted by atomic mass is 9.63. The third-order valence-electron chi connectivity index (χ3n) is 4.93. The monoisotopic (exact) mass is 218 g/mol. The van der Waals surface area contributed by atoms with Crippen LogP contribution in [0.15, 0.2) is 23.8 Å². The Bertz CT molecular complexity index is 339. The smallest absolute Gasteiger partial charge is 0.145 e. The minimum atomic E-state index is 0.415. The van der Waals surface area contributed by atoms with Crippen molar-refractivity contribution in [3.63, 3.8) is 0 Å². The fourth-order valence-electron chi connectivity index (χ4n) is 3.85. The molecule has 0 aromatic heterocycles. The number of hydrogen-bond acceptors (Lipinski definition) is 1. The standard InChI is InChI=1S/C15H22O/c1-11(2)14-5-4-12(3)15(14)8-6-13(10-16)7-9-15/h6,10,12,14H,1,4-5,7-9H2,2-3H3/t12-,14+,15-/m0/s1. The third-order valence-corrected chi connectivity index (χ3v) is 4.93. The summed E-state index contributed by atoms with van der Waals surface area (Å²) in [4.78, 5) is 10.8. The first kappa shape index (κ1) is 11.6. The van der Waals surface area contributed by atoms with Crippen LogP contribution >= 0.6 is 0 Å². The van der Waals surface area contributed by atoms with Crippen LogP contribution in [-0.2, 0) is 4.79 Å². The maximum atomic E-state index is 10.8. The predicted molar refractivity (Wildman–Crippen MR) is 67.1 cm³/mol. The second-order valence-corrected chi connectivity index (χ2v) is 5.71. The van der Waals surface area contributed by atoms with E-state index in [9.17, 15) is 4.79 Å². The summed E-state index contributed by atoms with van der Waals surface area (Å²) in [6.07, 6.45) is 9.05. The zero-order chi connectivity index (χ0) is 11.8. The average molecular weight is 218 g/mol. The molecule has 0 aromatic rings. The van der Waals surface area contributed by atoms with Crippen molar-refractivity contribution < 1.29 is 4.79 Å². The molecule has 2 aliphatic carbocycles. The number of carbonyl (C=O) groups excluding carboxylic acids is 1. The molecule has 1 heteroatoms. The summed E-state index contributed by atoms with van der Waals surface area (Å²) in [5, 5.41) is 0. The van der Waals surface area contributed by atoms with Gasteiger partial charge in [-0.1, -0.05) is 25.2 Å². The van der Waals surface area contributed by atoms with Crippen LogP contribution in [0.5, 0.6) is 0 Å². The lowest BCUT2D eigenvalue weighted by Crippen LogP contribution is -2.33. The Hall–Kier alpha value is -0.850. The minimum absolute atomic E-state index is 0.415. The van der Waals surface area contributed by atoms with Gasteiger partial charge in [-0.05, 0) is 61.9 Å². The fourth-order valence-corrected chi connectivity index (χ4v) is 3.85. The number of aldehydes is 1. The molecular formula is C15H22O. The summed E-state index contributed by atoms with van der Waals surface area (Å²) < 4.78 is 0. The SMILES string of the molecule is C=C(C)[C@H]1CC[C@H](C)[C@@]12CC=C(C=O)CC2. The van der Waals surface area contributed by atoms with E-state index in [0.29, 0.717) is 11.3 Å². The summed E-state index contributed by atoms with van der Waals surface area (Å²) in [6.45, 7) is 8.72. The Balaban J connectivity index is 2.26. The highest BCUT2D eigenvalue weighted by molar-refractivity contribution is 5.73. The molecule has 0 N–H and O–H groups in total. The Morgan fingerprint density at radius 3 is 2.81 bits per heavy atom. The maximum Gasteiger partial charge on any atom is 0.145 e. The van der Waals surface area contributed by atoms with Crippen molar-refractivity contribution in [2.75, 3.05) is 0 Å². The molecule has 88 valence electrons. The van der Waals surface area contributed by atoms with Gasteiger partial charge in [0.2, 0.25) is 0 Å². The quantitative estimate of drug-likeness (QED) is 0.507. The number of hydrogen-bond donors (Lipinski definition) is 0. The van der Waals surface area contributed by atoms with Gasteiger partial charge in [-0.25, -0.2) is 0 Å². The lowest BCUT2D eigenvalue weighted by Gasteiger charge is -2.41. The van der Waals surface area contributed by atoms with Gasteiger partial charge in [0.05, 0.1) is 0 Å². The van der Waals surface area contributed by atoms with E-state index < -0.39 is 0 Å². The molecule has 2 aliphatic rings. The van der Waals surface area contributed by atoms with Crippen LogP contribution in [0, 0.1) is 17.3 Å². The van der Waals surface area contributed by atoms with Gasteiger partial charge in [0.1, 0.15) is 6.29 Å². The van der Waals surface area contributed by atoms with Gasteiger partial charge in [-0.15, -0.1) is 0 Å². The predicted octanol–water partition coefficient (Wildman–Crippen LogP) is 3.90. The van der Waals surface area contributed by atoms with Crippen molar-refractivity contribution in [1.82, 2.24) is 0 Å². The van der Waals surface area contributed by atoms with E-state index >= 15 is 0 Å². The van der Waals surface area contributed by atoms with Crippen LogP contribution in [0.2, 0.25) is 0 Å². The van der Waals surface area contributed by atoms with Crippen LogP contribution in [0.25, 0.3) is 0 Å².